The Hall–Kier alpha value is -1.17. The third-order valence-electron chi connectivity index (χ3n) is 3.16. The summed E-state index contributed by atoms with van der Waals surface area (Å²) >= 11 is 0. The van der Waals surface area contributed by atoms with Crippen molar-refractivity contribution in [2.75, 3.05) is 11.9 Å². The van der Waals surface area contributed by atoms with Gasteiger partial charge < -0.3 is 5.32 Å². The summed E-state index contributed by atoms with van der Waals surface area (Å²) < 4.78 is 48.3. The van der Waals surface area contributed by atoms with Crippen molar-refractivity contribution in [3.8, 4) is 0 Å². The van der Waals surface area contributed by atoms with E-state index in [-0.39, 0.29) is 10.6 Å². The van der Waals surface area contributed by atoms with E-state index in [0.29, 0.717) is 12.5 Å². The number of halogens is 2. The summed E-state index contributed by atoms with van der Waals surface area (Å²) in [6.07, 6.45) is 1.90. The van der Waals surface area contributed by atoms with Gasteiger partial charge in [-0.15, -0.1) is 0 Å². The summed E-state index contributed by atoms with van der Waals surface area (Å²) in [4.78, 5) is -0.337. The van der Waals surface area contributed by atoms with Gasteiger partial charge in [-0.2, -0.15) is 8.78 Å². The first kappa shape index (κ1) is 15.9. The van der Waals surface area contributed by atoms with E-state index in [2.05, 4.69) is 5.32 Å². The largest absolute Gasteiger partial charge is 0.384 e. The van der Waals surface area contributed by atoms with Crippen molar-refractivity contribution in [1.82, 2.24) is 0 Å². The predicted octanol–water partition coefficient (Wildman–Crippen LogP) is 3.53. The van der Waals surface area contributed by atoms with E-state index in [0.717, 1.165) is 12.8 Å². The molecule has 3 nitrogen and oxygen atoms in total. The maximum Gasteiger partial charge on any atom is 0.341 e. The SMILES string of the molecule is CCC(CC)CNc1ccccc1S(=O)(=O)C(F)F. The number of hydrogen-bond acceptors (Lipinski definition) is 3. The van der Waals surface area contributed by atoms with E-state index in [4.69, 9.17) is 0 Å². The highest BCUT2D eigenvalue weighted by molar-refractivity contribution is 7.91. The molecular formula is C13H19F2NO2S. The van der Waals surface area contributed by atoms with Gasteiger partial charge in [0.05, 0.1) is 10.6 Å². The molecule has 0 aliphatic heterocycles. The lowest BCUT2D eigenvalue weighted by Gasteiger charge is -2.16. The minimum atomic E-state index is -4.56. The van der Waals surface area contributed by atoms with E-state index in [9.17, 15) is 17.2 Å². The zero-order valence-electron chi connectivity index (χ0n) is 11.1. The molecule has 1 N–H and O–H groups in total. The average Bonchev–Trinajstić information content (AvgIpc) is 2.40. The van der Waals surface area contributed by atoms with Crippen LogP contribution in [-0.2, 0) is 9.84 Å². The molecule has 108 valence electrons. The monoisotopic (exact) mass is 291 g/mol. The molecular weight excluding hydrogens is 272 g/mol. The van der Waals surface area contributed by atoms with Crippen molar-refractivity contribution >= 4 is 15.5 Å². The number of benzene rings is 1. The molecule has 0 fully saturated rings. The fourth-order valence-electron chi connectivity index (χ4n) is 1.79. The molecule has 0 bridgehead atoms. The lowest BCUT2D eigenvalue weighted by molar-refractivity contribution is 0.235. The van der Waals surface area contributed by atoms with Crippen molar-refractivity contribution in [1.29, 1.82) is 0 Å². The van der Waals surface area contributed by atoms with Gasteiger partial charge in [0, 0.05) is 6.54 Å². The van der Waals surface area contributed by atoms with Gasteiger partial charge in [-0.1, -0.05) is 38.8 Å². The summed E-state index contributed by atoms with van der Waals surface area (Å²) in [5.74, 6) is -3.01. The van der Waals surface area contributed by atoms with Gasteiger partial charge in [-0.05, 0) is 18.1 Å². The van der Waals surface area contributed by atoms with Gasteiger partial charge in [-0.3, -0.25) is 0 Å². The Morgan fingerprint density at radius 3 is 2.26 bits per heavy atom. The zero-order valence-corrected chi connectivity index (χ0v) is 11.9. The predicted molar refractivity (Wildman–Crippen MR) is 72.2 cm³/mol. The molecule has 19 heavy (non-hydrogen) atoms. The van der Waals surface area contributed by atoms with Crippen molar-refractivity contribution < 1.29 is 17.2 Å². The van der Waals surface area contributed by atoms with Crippen LogP contribution in [0, 0.1) is 5.92 Å². The first-order valence-corrected chi connectivity index (χ1v) is 7.83. The molecule has 0 amide bonds. The summed E-state index contributed by atoms with van der Waals surface area (Å²) in [5.41, 5.74) is 0.245. The van der Waals surface area contributed by atoms with Gasteiger partial charge in [0.15, 0.2) is 0 Å². The first-order chi connectivity index (χ1) is 8.93. The number of rotatable bonds is 7. The van der Waals surface area contributed by atoms with E-state index in [1.54, 1.807) is 6.07 Å². The van der Waals surface area contributed by atoms with Crippen LogP contribution < -0.4 is 5.32 Å². The second-order valence-electron chi connectivity index (χ2n) is 4.37. The molecule has 0 aliphatic rings. The number of para-hydroxylation sites is 1. The second kappa shape index (κ2) is 6.84. The van der Waals surface area contributed by atoms with E-state index in [1.807, 2.05) is 13.8 Å². The Labute approximate surface area is 112 Å². The van der Waals surface area contributed by atoms with Crippen LogP contribution in [0.5, 0.6) is 0 Å². The second-order valence-corrected chi connectivity index (χ2v) is 6.25. The first-order valence-electron chi connectivity index (χ1n) is 6.28. The van der Waals surface area contributed by atoms with Gasteiger partial charge in [0.2, 0.25) is 9.84 Å². The van der Waals surface area contributed by atoms with Crippen LogP contribution in [0.3, 0.4) is 0 Å². The topological polar surface area (TPSA) is 46.2 Å². The molecule has 0 heterocycles. The lowest BCUT2D eigenvalue weighted by atomic mass is 10.0. The molecule has 0 radical (unpaired) electrons. The Morgan fingerprint density at radius 1 is 1.16 bits per heavy atom. The quantitative estimate of drug-likeness (QED) is 0.836. The molecule has 0 unspecified atom stereocenters. The Kier molecular flexibility index (Phi) is 5.72. The van der Waals surface area contributed by atoms with Crippen molar-refractivity contribution in [3.63, 3.8) is 0 Å². The van der Waals surface area contributed by atoms with Crippen LogP contribution in [0.1, 0.15) is 26.7 Å². The summed E-state index contributed by atoms with van der Waals surface area (Å²) in [6.45, 7) is 4.65. The van der Waals surface area contributed by atoms with Crippen LogP contribution >= 0.6 is 0 Å². The fourth-order valence-corrected chi connectivity index (χ4v) is 2.70. The molecule has 0 saturated carbocycles. The maximum absolute atomic E-state index is 12.6. The van der Waals surface area contributed by atoms with Gasteiger partial charge in [0.25, 0.3) is 0 Å². The molecule has 0 aromatic heterocycles. The Bertz CT molecular complexity index is 499. The number of alkyl halides is 2. The van der Waals surface area contributed by atoms with Crippen molar-refractivity contribution in [2.45, 2.75) is 37.3 Å². The number of hydrogen-bond donors (Lipinski definition) is 1. The molecule has 0 spiro atoms. The maximum atomic E-state index is 12.6. The zero-order chi connectivity index (χ0) is 14.5. The fraction of sp³-hybridized carbons (Fsp3) is 0.538. The Balaban J connectivity index is 2.97. The van der Waals surface area contributed by atoms with Gasteiger partial charge >= 0.3 is 5.76 Å². The standard InChI is InChI=1S/C13H19F2NO2S/c1-3-10(4-2)9-16-11-7-5-6-8-12(11)19(17,18)13(14)15/h5-8,10,13,16H,3-4,9H2,1-2H3. The highest BCUT2D eigenvalue weighted by Gasteiger charge is 2.28. The smallest absolute Gasteiger partial charge is 0.341 e. The molecule has 1 rings (SSSR count). The average molecular weight is 291 g/mol. The normalized spacial score (nSPS) is 12.1. The molecule has 1 aromatic carbocycles. The molecule has 1 aromatic rings. The van der Waals surface area contributed by atoms with Crippen LogP contribution in [0.4, 0.5) is 14.5 Å². The van der Waals surface area contributed by atoms with E-state index < -0.39 is 15.6 Å². The lowest BCUT2D eigenvalue weighted by Crippen LogP contribution is -2.17. The summed E-state index contributed by atoms with van der Waals surface area (Å²) in [5, 5.41) is 2.96. The molecule has 0 atom stereocenters. The highest BCUT2D eigenvalue weighted by atomic mass is 32.2. The van der Waals surface area contributed by atoms with Crippen LogP contribution in [0.15, 0.2) is 29.2 Å². The number of sulfone groups is 1. The highest BCUT2D eigenvalue weighted by Crippen LogP contribution is 2.26. The molecule has 0 saturated heterocycles. The van der Waals surface area contributed by atoms with Gasteiger partial charge in [0.1, 0.15) is 0 Å². The van der Waals surface area contributed by atoms with E-state index >= 15 is 0 Å². The summed E-state index contributed by atoms with van der Waals surface area (Å²) in [7, 11) is -4.56. The Morgan fingerprint density at radius 2 is 1.74 bits per heavy atom. The molecule has 6 heteroatoms. The minimum Gasteiger partial charge on any atom is -0.384 e. The number of anilines is 1. The minimum absolute atomic E-state index is 0.245. The van der Waals surface area contributed by atoms with Crippen LogP contribution in [0.2, 0.25) is 0 Å². The molecule has 0 aliphatic carbocycles. The van der Waals surface area contributed by atoms with Crippen LogP contribution in [-0.4, -0.2) is 20.7 Å². The van der Waals surface area contributed by atoms with Crippen molar-refractivity contribution in [3.05, 3.63) is 24.3 Å². The summed E-state index contributed by atoms with van der Waals surface area (Å²) in [6, 6.07) is 5.78. The van der Waals surface area contributed by atoms with Crippen LogP contribution in [0.25, 0.3) is 0 Å². The number of nitrogens with one attached hydrogen (secondary N) is 1. The van der Waals surface area contributed by atoms with E-state index in [1.165, 1.54) is 18.2 Å². The van der Waals surface area contributed by atoms with Crippen molar-refractivity contribution in [2.24, 2.45) is 5.92 Å². The van der Waals surface area contributed by atoms with Gasteiger partial charge in [-0.25, -0.2) is 8.42 Å². The third kappa shape index (κ3) is 3.89. The third-order valence-corrected chi connectivity index (χ3v) is 4.60.